The number of aromatic nitrogens is 3. The van der Waals surface area contributed by atoms with Crippen molar-refractivity contribution in [1.82, 2.24) is 15.0 Å². The summed E-state index contributed by atoms with van der Waals surface area (Å²) in [6, 6.07) is 0. The quantitative estimate of drug-likeness (QED) is 0.856. The van der Waals surface area contributed by atoms with Crippen molar-refractivity contribution in [1.29, 1.82) is 0 Å². The van der Waals surface area contributed by atoms with Crippen molar-refractivity contribution in [3.8, 4) is 10.8 Å². The normalized spacial score (nSPS) is 10.6. The molecule has 7 heteroatoms. The van der Waals surface area contributed by atoms with Crippen LogP contribution in [0.25, 0.3) is 10.8 Å². The lowest BCUT2D eigenvalue weighted by Gasteiger charge is -2.03. The van der Waals surface area contributed by atoms with Crippen LogP contribution in [-0.2, 0) is 11.3 Å². The third-order valence-electron chi connectivity index (χ3n) is 1.85. The molecule has 0 radical (unpaired) electrons. The predicted octanol–water partition coefficient (Wildman–Crippen LogP) is 1.64. The Kier molecular flexibility index (Phi) is 3.66. The Morgan fingerprint density at radius 3 is 3.06 bits per heavy atom. The smallest absolute Gasteiger partial charge is 0.265 e. The first kappa shape index (κ1) is 11.7. The number of ether oxygens (including phenoxy) is 1. The standard InChI is InChI=1S/C9H8IN3O2S/c1-15-4-5-6(10)8(14)13-7(12-5)9-11-2-3-16-9/h2-3H,4H2,1H3,(H,12,13,14). The Balaban J connectivity index is 2.53. The van der Waals surface area contributed by atoms with Gasteiger partial charge >= 0.3 is 0 Å². The van der Waals surface area contributed by atoms with E-state index in [4.69, 9.17) is 4.74 Å². The van der Waals surface area contributed by atoms with Gasteiger partial charge in [0.15, 0.2) is 10.8 Å². The van der Waals surface area contributed by atoms with Gasteiger partial charge in [0.1, 0.15) is 3.57 Å². The van der Waals surface area contributed by atoms with Crippen LogP contribution in [0.1, 0.15) is 5.69 Å². The van der Waals surface area contributed by atoms with E-state index < -0.39 is 0 Å². The third kappa shape index (κ3) is 2.30. The second-order valence-corrected chi connectivity index (χ2v) is 4.92. The summed E-state index contributed by atoms with van der Waals surface area (Å²) in [6.07, 6.45) is 1.67. The molecule has 0 amide bonds. The van der Waals surface area contributed by atoms with Crippen molar-refractivity contribution >= 4 is 33.9 Å². The maximum absolute atomic E-state index is 11.6. The average Bonchev–Trinajstić information content (AvgIpc) is 2.78. The van der Waals surface area contributed by atoms with Gasteiger partial charge in [0.05, 0.1) is 12.3 Å². The summed E-state index contributed by atoms with van der Waals surface area (Å²) in [5.41, 5.74) is 0.477. The van der Waals surface area contributed by atoms with Gasteiger partial charge in [0.2, 0.25) is 0 Å². The number of H-pyrrole nitrogens is 1. The number of hydrogen-bond donors (Lipinski definition) is 1. The zero-order chi connectivity index (χ0) is 11.5. The van der Waals surface area contributed by atoms with Crippen LogP contribution < -0.4 is 5.56 Å². The van der Waals surface area contributed by atoms with E-state index in [0.29, 0.717) is 26.7 Å². The van der Waals surface area contributed by atoms with Crippen LogP contribution in [0.2, 0.25) is 0 Å². The molecule has 2 aromatic heterocycles. The Morgan fingerprint density at radius 1 is 1.62 bits per heavy atom. The van der Waals surface area contributed by atoms with Crippen molar-refractivity contribution in [2.24, 2.45) is 0 Å². The van der Waals surface area contributed by atoms with Crippen LogP contribution in [-0.4, -0.2) is 22.1 Å². The number of nitrogens with zero attached hydrogens (tertiary/aromatic N) is 2. The third-order valence-corrected chi connectivity index (χ3v) is 3.74. The molecule has 0 fully saturated rings. The molecule has 0 aliphatic carbocycles. The van der Waals surface area contributed by atoms with Gasteiger partial charge in [-0.15, -0.1) is 11.3 Å². The maximum Gasteiger partial charge on any atom is 0.265 e. The highest BCUT2D eigenvalue weighted by Crippen LogP contribution is 2.17. The van der Waals surface area contributed by atoms with Crippen LogP contribution in [0.5, 0.6) is 0 Å². The van der Waals surface area contributed by atoms with Crippen LogP contribution in [0.4, 0.5) is 0 Å². The van der Waals surface area contributed by atoms with Crippen molar-refractivity contribution < 1.29 is 4.74 Å². The van der Waals surface area contributed by atoms with Crippen LogP contribution in [0, 0.1) is 3.57 Å². The predicted molar refractivity (Wildman–Crippen MR) is 69.4 cm³/mol. The first-order chi connectivity index (χ1) is 7.72. The molecular weight excluding hydrogens is 341 g/mol. The molecule has 5 nitrogen and oxygen atoms in total. The Morgan fingerprint density at radius 2 is 2.44 bits per heavy atom. The van der Waals surface area contributed by atoms with E-state index in [9.17, 15) is 4.79 Å². The fourth-order valence-corrected chi connectivity index (χ4v) is 2.17. The van der Waals surface area contributed by atoms with E-state index in [1.165, 1.54) is 11.3 Å². The number of rotatable bonds is 3. The summed E-state index contributed by atoms with van der Waals surface area (Å²) in [6.45, 7) is 0.320. The minimum atomic E-state index is -0.159. The number of thiazole rings is 1. The number of aromatic amines is 1. The summed E-state index contributed by atoms with van der Waals surface area (Å²) in [7, 11) is 1.57. The van der Waals surface area contributed by atoms with Gasteiger partial charge in [0.25, 0.3) is 5.56 Å². The highest BCUT2D eigenvalue weighted by molar-refractivity contribution is 14.1. The lowest BCUT2D eigenvalue weighted by Crippen LogP contribution is -2.16. The van der Waals surface area contributed by atoms with Crippen molar-refractivity contribution in [2.75, 3.05) is 7.11 Å². The van der Waals surface area contributed by atoms with Crippen LogP contribution >= 0.6 is 33.9 Å². The van der Waals surface area contributed by atoms with E-state index in [1.54, 1.807) is 13.3 Å². The Hall–Kier alpha value is -0.800. The molecule has 0 aliphatic rings. The van der Waals surface area contributed by atoms with Crippen LogP contribution in [0.15, 0.2) is 16.4 Å². The Bertz CT molecular complexity index is 538. The largest absolute Gasteiger partial charge is 0.378 e. The van der Waals surface area contributed by atoms with Gasteiger partial charge in [-0.25, -0.2) is 9.97 Å². The van der Waals surface area contributed by atoms with Gasteiger partial charge in [-0.05, 0) is 22.6 Å². The average molecular weight is 349 g/mol. The maximum atomic E-state index is 11.6. The van der Waals surface area contributed by atoms with E-state index >= 15 is 0 Å². The summed E-state index contributed by atoms with van der Waals surface area (Å²) >= 11 is 3.39. The number of methoxy groups -OCH3 is 1. The lowest BCUT2D eigenvalue weighted by atomic mass is 10.4. The van der Waals surface area contributed by atoms with Crippen LogP contribution in [0.3, 0.4) is 0 Å². The van der Waals surface area contributed by atoms with Gasteiger partial charge in [-0.1, -0.05) is 0 Å². The zero-order valence-electron chi connectivity index (χ0n) is 8.36. The molecule has 2 heterocycles. The molecule has 0 saturated carbocycles. The van der Waals surface area contributed by atoms with Gasteiger partial charge in [-0.2, -0.15) is 0 Å². The topological polar surface area (TPSA) is 67.9 Å². The number of hydrogen-bond acceptors (Lipinski definition) is 5. The second kappa shape index (κ2) is 5.02. The van der Waals surface area contributed by atoms with Crippen molar-refractivity contribution in [3.05, 3.63) is 31.2 Å². The minimum Gasteiger partial charge on any atom is -0.378 e. The van der Waals surface area contributed by atoms with Crippen molar-refractivity contribution in [3.63, 3.8) is 0 Å². The van der Waals surface area contributed by atoms with E-state index in [1.807, 2.05) is 28.0 Å². The van der Waals surface area contributed by atoms with Gasteiger partial charge < -0.3 is 9.72 Å². The monoisotopic (exact) mass is 349 g/mol. The number of halogens is 1. The molecule has 0 atom stereocenters. The van der Waals surface area contributed by atoms with E-state index in [-0.39, 0.29) is 5.56 Å². The number of nitrogens with one attached hydrogen (secondary N) is 1. The SMILES string of the molecule is COCc1nc(-c2nccs2)[nH]c(=O)c1I. The molecule has 0 unspecified atom stereocenters. The summed E-state index contributed by atoms with van der Waals surface area (Å²) in [4.78, 5) is 22.8. The molecule has 0 aliphatic heterocycles. The van der Waals surface area contributed by atoms with Gasteiger partial charge in [-0.3, -0.25) is 4.79 Å². The molecule has 16 heavy (non-hydrogen) atoms. The summed E-state index contributed by atoms with van der Waals surface area (Å²) in [5.74, 6) is 0.493. The minimum absolute atomic E-state index is 0.159. The molecule has 2 rings (SSSR count). The van der Waals surface area contributed by atoms with E-state index in [0.717, 1.165) is 0 Å². The fourth-order valence-electron chi connectivity index (χ4n) is 1.18. The van der Waals surface area contributed by atoms with E-state index in [2.05, 4.69) is 15.0 Å². The molecule has 0 bridgehead atoms. The van der Waals surface area contributed by atoms with Gasteiger partial charge in [0, 0.05) is 18.7 Å². The summed E-state index contributed by atoms with van der Waals surface area (Å²) in [5, 5.41) is 2.54. The van der Waals surface area contributed by atoms with Crippen molar-refractivity contribution in [2.45, 2.75) is 6.61 Å². The highest BCUT2D eigenvalue weighted by atomic mass is 127. The fraction of sp³-hybridized carbons (Fsp3) is 0.222. The molecule has 0 aromatic carbocycles. The molecular formula is C9H8IN3O2S. The zero-order valence-corrected chi connectivity index (χ0v) is 11.3. The molecule has 2 aromatic rings. The molecule has 84 valence electrons. The molecule has 1 N–H and O–H groups in total. The first-order valence-corrected chi connectivity index (χ1v) is 6.35. The summed E-state index contributed by atoms with van der Waals surface area (Å²) < 4.78 is 5.55. The Labute approximate surface area is 109 Å². The second-order valence-electron chi connectivity index (χ2n) is 2.95. The first-order valence-electron chi connectivity index (χ1n) is 4.40. The molecule has 0 saturated heterocycles. The molecule has 0 spiro atoms. The highest BCUT2D eigenvalue weighted by Gasteiger charge is 2.11. The lowest BCUT2D eigenvalue weighted by molar-refractivity contribution is 0.180.